The molecule has 162 valence electrons. The second kappa shape index (κ2) is 10.4. The number of sulfonamides is 1. The standard InChI is InChI=1S/C21H33N3O4S/c1-28-20-10-9-18(29(26,27)24-15-6-7-16-24)17-19(20)21(25)22-11-8-14-23-12-4-2-3-5-13-23/h9-10,17H,2-8,11-16H2,1H3,(H,22,25). The Morgan fingerprint density at radius 2 is 1.69 bits per heavy atom. The van der Waals surface area contributed by atoms with Crippen molar-refractivity contribution < 1.29 is 17.9 Å². The van der Waals surface area contributed by atoms with Crippen molar-refractivity contribution in [3.8, 4) is 5.75 Å². The molecule has 7 nitrogen and oxygen atoms in total. The third kappa shape index (κ3) is 5.71. The van der Waals surface area contributed by atoms with Gasteiger partial charge in [0.1, 0.15) is 5.75 Å². The number of rotatable bonds is 8. The highest BCUT2D eigenvalue weighted by Crippen LogP contribution is 2.26. The average Bonchev–Trinajstić information content (AvgIpc) is 3.16. The monoisotopic (exact) mass is 423 g/mol. The van der Waals surface area contributed by atoms with Crippen molar-refractivity contribution in [3.05, 3.63) is 23.8 Å². The molecule has 2 saturated heterocycles. The van der Waals surface area contributed by atoms with Gasteiger partial charge in [0.15, 0.2) is 0 Å². The van der Waals surface area contributed by atoms with Gasteiger partial charge in [-0.3, -0.25) is 4.79 Å². The first-order valence-corrected chi connectivity index (χ1v) is 12.1. The van der Waals surface area contributed by atoms with Gasteiger partial charge in [0, 0.05) is 19.6 Å². The number of carbonyl (C=O) groups excluding carboxylic acids is 1. The molecule has 1 aromatic carbocycles. The Morgan fingerprint density at radius 1 is 1.03 bits per heavy atom. The SMILES string of the molecule is COc1ccc(S(=O)(=O)N2CCCC2)cc1C(=O)NCCCN1CCCCCC1. The molecule has 0 atom stereocenters. The van der Waals surface area contributed by atoms with Gasteiger partial charge in [-0.25, -0.2) is 8.42 Å². The molecule has 0 radical (unpaired) electrons. The molecular weight excluding hydrogens is 390 g/mol. The number of carbonyl (C=O) groups is 1. The summed E-state index contributed by atoms with van der Waals surface area (Å²) in [5.41, 5.74) is 0.266. The van der Waals surface area contributed by atoms with Crippen molar-refractivity contribution in [3.63, 3.8) is 0 Å². The Kier molecular flexibility index (Phi) is 7.91. The van der Waals surface area contributed by atoms with Crippen LogP contribution < -0.4 is 10.1 Å². The predicted molar refractivity (Wildman–Crippen MR) is 113 cm³/mol. The van der Waals surface area contributed by atoms with Crippen LogP contribution in [0.25, 0.3) is 0 Å². The molecule has 29 heavy (non-hydrogen) atoms. The van der Waals surface area contributed by atoms with E-state index in [0.717, 1.165) is 38.9 Å². The van der Waals surface area contributed by atoms with Gasteiger partial charge >= 0.3 is 0 Å². The van der Waals surface area contributed by atoms with E-state index in [1.165, 1.54) is 49.2 Å². The minimum Gasteiger partial charge on any atom is -0.496 e. The Bertz CT molecular complexity index is 783. The zero-order chi connectivity index (χ0) is 20.7. The lowest BCUT2D eigenvalue weighted by molar-refractivity contribution is 0.0948. The molecule has 3 rings (SSSR count). The maximum atomic E-state index is 12.8. The van der Waals surface area contributed by atoms with Crippen molar-refractivity contribution in [1.29, 1.82) is 0 Å². The lowest BCUT2D eigenvalue weighted by Crippen LogP contribution is -2.31. The molecule has 0 bridgehead atoms. The third-order valence-corrected chi connectivity index (χ3v) is 7.65. The van der Waals surface area contributed by atoms with E-state index in [0.29, 0.717) is 25.4 Å². The van der Waals surface area contributed by atoms with Gasteiger partial charge in [0.05, 0.1) is 17.6 Å². The van der Waals surface area contributed by atoms with Crippen LogP contribution in [0.2, 0.25) is 0 Å². The maximum Gasteiger partial charge on any atom is 0.255 e. The average molecular weight is 424 g/mol. The normalized spacial score (nSPS) is 19.1. The number of benzene rings is 1. The van der Waals surface area contributed by atoms with Crippen LogP contribution >= 0.6 is 0 Å². The highest BCUT2D eigenvalue weighted by Gasteiger charge is 2.28. The number of hydrogen-bond acceptors (Lipinski definition) is 5. The molecular formula is C21H33N3O4S. The first-order chi connectivity index (χ1) is 14.0. The van der Waals surface area contributed by atoms with Crippen LogP contribution in [0.4, 0.5) is 0 Å². The molecule has 1 amide bonds. The topological polar surface area (TPSA) is 79.0 Å². The molecule has 0 saturated carbocycles. The second-order valence-corrected chi connectivity index (χ2v) is 9.78. The summed E-state index contributed by atoms with van der Waals surface area (Å²) in [6.45, 7) is 4.87. The van der Waals surface area contributed by atoms with Crippen LogP contribution in [0.1, 0.15) is 55.3 Å². The Labute approximate surface area is 174 Å². The summed E-state index contributed by atoms with van der Waals surface area (Å²) in [4.78, 5) is 15.3. The lowest BCUT2D eigenvalue weighted by atomic mass is 10.2. The highest BCUT2D eigenvalue weighted by molar-refractivity contribution is 7.89. The van der Waals surface area contributed by atoms with Gasteiger partial charge in [-0.2, -0.15) is 4.31 Å². The van der Waals surface area contributed by atoms with E-state index in [1.54, 1.807) is 6.07 Å². The fourth-order valence-electron chi connectivity index (χ4n) is 4.06. The molecule has 0 unspecified atom stereocenters. The molecule has 0 aliphatic carbocycles. The summed E-state index contributed by atoms with van der Waals surface area (Å²) >= 11 is 0. The number of ether oxygens (including phenoxy) is 1. The number of methoxy groups -OCH3 is 1. The van der Waals surface area contributed by atoms with Crippen LogP contribution in [0, 0.1) is 0 Å². The van der Waals surface area contributed by atoms with Crippen LogP contribution in [0.15, 0.2) is 23.1 Å². The molecule has 0 aromatic heterocycles. The Hall–Kier alpha value is -1.64. The first kappa shape index (κ1) is 22.1. The van der Waals surface area contributed by atoms with Crippen molar-refractivity contribution in [1.82, 2.24) is 14.5 Å². The van der Waals surface area contributed by atoms with Crippen molar-refractivity contribution in [2.24, 2.45) is 0 Å². The number of nitrogens with one attached hydrogen (secondary N) is 1. The molecule has 0 spiro atoms. The first-order valence-electron chi connectivity index (χ1n) is 10.7. The zero-order valence-electron chi connectivity index (χ0n) is 17.4. The number of hydrogen-bond donors (Lipinski definition) is 1. The lowest BCUT2D eigenvalue weighted by Gasteiger charge is -2.20. The fourth-order valence-corrected chi connectivity index (χ4v) is 5.61. The highest BCUT2D eigenvalue weighted by atomic mass is 32.2. The summed E-state index contributed by atoms with van der Waals surface area (Å²) in [6.07, 6.45) is 7.75. The molecule has 2 heterocycles. The van der Waals surface area contributed by atoms with Gasteiger partial charge in [-0.05, 0) is 69.9 Å². The van der Waals surface area contributed by atoms with E-state index in [1.807, 2.05) is 0 Å². The minimum absolute atomic E-state index is 0.148. The van der Waals surface area contributed by atoms with E-state index in [2.05, 4.69) is 10.2 Å². The molecule has 2 aliphatic rings. The van der Waals surface area contributed by atoms with Crippen molar-refractivity contribution in [2.45, 2.75) is 49.8 Å². The zero-order valence-corrected chi connectivity index (χ0v) is 18.2. The summed E-state index contributed by atoms with van der Waals surface area (Å²) in [6, 6.07) is 4.52. The smallest absolute Gasteiger partial charge is 0.255 e. The van der Waals surface area contributed by atoms with Crippen molar-refractivity contribution >= 4 is 15.9 Å². The molecule has 1 aromatic rings. The van der Waals surface area contributed by atoms with Crippen LogP contribution in [-0.2, 0) is 10.0 Å². The van der Waals surface area contributed by atoms with Crippen LogP contribution in [-0.4, -0.2) is 69.9 Å². The van der Waals surface area contributed by atoms with Gasteiger partial charge in [0.2, 0.25) is 10.0 Å². The summed E-state index contributed by atoms with van der Waals surface area (Å²) in [7, 11) is -2.09. The third-order valence-electron chi connectivity index (χ3n) is 5.75. The number of amides is 1. The molecule has 1 N–H and O–H groups in total. The number of likely N-dealkylation sites (tertiary alicyclic amines) is 1. The van der Waals surface area contributed by atoms with E-state index in [-0.39, 0.29) is 16.4 Å². The maximum absolute atomic E-state index is 12.8. The van der Waals surface area contributed by atoms with Crippen LogP contribution in [0.5, 0.6) is 5.75 Å². The van der Waals surface area contributed by atoms with E-state index in [4.69, 9.17) is 4.74 Å². The quantitative estimate of drug-likeness (QED) is 0.650. The summed E-state index contributed by atoms with van der Waals surface area (Å²) in [5.74, 6) is 0.0894. The van der Waals surface area contributed by atoms with Gasteiger partial charge in [-0.1, -0.05) is 12.8 Å². The second-order valence-electron chi connectivity index (χ2n) is 7.84. The summed E-state index contributed by atoms with van der Waals surface area (Å²) < 4.78 is 32.4. The molecule has 2 aliphatic heterocycles. The van der Waals surface area contributed by atoms with Crippen molar-refractivity contribution in [2.75, 3.05) is 46.4 Å². The minimum atomic E-state index is -3.57. The number of nitrogens with zero attached hydrogens (tertiary/aromatic N) is 2. The largest absolute Gasteiger partial charge is 0.496 e. The van der Waals surface area contributed by atoms with E-state index < -0.39 is 10.0 Å². The Balaban J connectivity index is 1.61. The van der Waals surface area contributed by atoms with E-state index in [9.17, 15) is 13.2 Å². The summed E-state index contributed by atoms with van der Waals surface area (Å²) in [5, 5.41) is 2.92. The van der Waals surface area contributed by atoms with Gasteiger partial charge in [-0.15, -0.1) is 0 Å². The molecule has 2 fully saturated rings. The fraction of sp³-hybridized carbons (Fsp3) is 0.667. The van der Waals surface area contributed by atoms with Crippen LogP contribution in [0.3, 0.4) is 0 Å². The van der Waals surface area contributed by atoms with Gasteiger partial charge < -0.3 is 15.0 Å². The van der Waals surface area contributed by atoms with E-state index >= 15 is 0 Å². The predicted octanol–water partition coefficient (Wildman–Crippen LogP) is 2.48. The van der Waals surface area contributed by atoms with Gasteiger partial charge in [0.25, 0.3) is 5.91 Å². The molecule has 8 heteroatoms. The Morgan fingerprint density at radius 3 is 2.34 bits per heavy atom.